The second kappa shape index (κ2) is 9.48. The van der Waals surface area contributed by atoms with Gasteiger partial charge in [0.15, 0.2) is 0 Å². The summed E-state index contributed by atoms with van der Waals surface area (Å²) in [5, 5.41) is 3.44. The van der Waals surface area contributed by atoms with Crippen LogP contribution in [-0.2, 0) is 9.53 Å². The summed E-state index contributed by atoms with van der Waals surface area (Å²) in [4.78, 5) is 8.95. The van der Waals surface area contributed by atoms with Crippen molar-refractivity contribution in [2.75, 3.05) is 20.2 Å². The number of nitrogens with two attached hydrogens (primary N) is 1. The Bertz CT molecular complexity index is 111. The highest BCUT2D eigenvalue weighted by Crippen LogP contribution is 2.08. The lowest BCUT2D eigenvalue weighted by Crippen LogP contribution is -2.35. The molecule has 1 atom stereocenters. The first-order valence-electron chi connectivity index (χ1n) is 4.75. The molecule has 0 saturated carbocycles. The number of methoxy groups -OCH3 is 1. The van der Waals surface area contributed by atoms with Gasteiger partial charge < -0.3 is 15.8 Å². The third-order valence-corrected chi connectivity index (χ3v) is 2.02. The van der Waals surface area contributed by atoms with Gasteiger partial charge in [0.2, 0.25) is 0 Å². The van der Waals surface area contributed by atoms with Crippen LogP contribution in [0.15, 0.2) is 0 Å². The highest BCUT2D eigenvalue weighted by molar-refractivity contribution is 5.36. The first-order chi connectivity index (χ1) is 6.35. The fourth-order valence-electron chi connectivity index (χ4n) is 1.37. The van der Waals surface area contributed by atoms with Gasteiger partial charge in [-0.1, -0.05) is 6.42 Å². The van der Waals surface area contributed by atoms with Crippen LogP contribution >= 0.6 is 0 Å². The number of ether oxygens (including phenoxy) is 1. The van der Waals surface area contributed by atoms with Gasteiger partial charge in [0.25, 0.3) is 6.47 Å². The number of hydrogen-bond acceptors (Lipinski definition) is 4. The Kier molecular flexibility index (Phi) is 9.03. The van der Waals surface area contributed by atoms with Crippen LogP contribution in [0.5, 0.6) is 0 Å². The molecule has 78 valence electrons. The van der Waals surface area contributed by atoms with Crippen molar-refractivity contribution in [3.8, 4) is 0 Å². The standard InChI is InChI=1S/C7H16N2.C2H4O2/c8-5-4-7-3-1-2-6-9-7;1-4-2-3/h7,9H,1-6,8H2;2H,1H3/t7-;/m1./s1. The van der Waals surface area contributed by atoms with Crippen LogP contribution in [0.25, 0.3) is 0 Å². The van der Waals surface area contributed by atoms with E-state index in [1.54, 1.807) is 0 Å². The summed E-state index contributed by atoms with van der Waals surface area (Å²) in [5.41, 5.74) is 5.42. The molecule has 1 fully saturated rings. The van der Waals surface area contributed by atoms with Gasteiger partial charge in [-0.25, -0.2) is 0 Å². The van der Waals surface area contributed by atoms with Crippen molar-refractivity contribution in [3.63, 3.8) is 0 Å². The number of nitrogens with one attached hydrogen (secondary N) is 1. The first-order valence-corrected chi connectivity index (χ1v) is 4.75. The Labute approximate surface area is 79.8 Å². The summed E-state index contributed by atoms with van der Waals surface area (Å²) < 4.78 is 3.86. The Morgan fingerprint density at radius 1 is 1.62 bits per heavy atom. The van der Waals surface area contributed by atoms with E-state index in [4.69, 9.17) is 10.5 Å². The molecule has 0 bridgehead atoms. The number of rotatable bonds is 3. The Balaban J connectivity index is 0.000000310. The molecule has 0 aromatic carbocycles. The van der Waals surface area contributed by atoms with Gasteiger partial charge in [-0.15, -0.1) is 0 Å². The predicted molar refractivity (Wildman–Crippen MR) is 52.4 cm³/mol. The predicted octanol–water partition coefficient (Wildman–Crippen LogP) is 0.267. The molecule has 0 amide bonds. The summed E-state index contributed by atoms with van der Waals surface area (Å²) in [6.07, 6.45) is 5.22. The van der Waals surface area contributed by atoms with Crippen LogP contribution in [0.3, 0.4) is 0 Å². The number of carbonyl (C=O) groups is 1. The van der Waals surface area contributed by atoms with Crippen molar-refractivity contribution in [2.45, 2.75) is 31.7 Å². The smallest absolute Gasteiger partial charge is 0.292 e. The second-order valence-electron chi connectivity index (χ2n) is 3.06. The highest BCUT2D eigenvalue weighted by atomic mass is 16.5. The van der Waals surface area contributed by atoms with E-state index in [2.05, 4.69) is 10.1 Å². The lowest BCUT2D eigenvalue weighted by molar-refractivity contribution is -0.126. The van der Waals surface area contributed by atoms with E-state index in [0.29, 0.717) is 6.47 Å². The molecular weight excluding hydrogens is 168 g/mol. The van der Waals surface area contributed by atoms with E-state index in [9.17, 15) is 0 Å². The SMILES string of the molecule is COC=O.NCC[C@H]1CCCCN1. The second-order valence-corrected chi connectivity index (χ2v) is 3.06. The molecular formula is C9H20N2O2. The fraction of sp³-hybridized carbons (Fsp3) is 0.889. The molecule has 4 nitrogen and oxygen atoms in total. The zero-order valence-corrected chi connectivity index (χ0v) is 8.29. The summed E-state index contributed by atoms with van der Waals surface area (Å²) in [6, 6.07) is 0.726. The zero-order valence-electron chi connectivity index (χ0n) is 8.29. The molecule has 1 aliphatic rings. The Morgan fingerprint density at radius 2 is 2.31 bits per heavy atom. The molecule has 0 aromatic heterocycles. The van der Waals surface area contributed by atoms with E-state index < -0.39 is 0 Å². The minimum Gasteiger partial charge on any atom is -0.471 e. The lowest BCUT2D eigenvalue weighted by atomic mass is 10.0. The lowest BCUT2D eigenvalue weighted by Gasteiger charge is -2.22. The molecule has 1 rings (SSSR count). The van der Waals surface area contributed by atoms with Gasteiger partial charge in [0.05, 0.1) is 7.11 Å². The van der Waals surface area contributed by atoms with E-state index in [0.717, 1.165) is 19.0 Å². The van der Waals surface area contributed by atoms with Crippen LogP contribution in [0, 0.1) is 0 Å². The zero-order chi connectivity index (χ0) is 9.94. The largest absolute Gasteiger partial charge is 0.471 e. The molecule has 3 N–H and O–H groups in total. The van der Waals surface area contributed by atoms with E-state index >= 15 is 0 Å². The molecule has 1 heterocycles. The molecule has 13 heavy (non-hydrogen) atoms. The van der Waals surface area contributed by atoms with Gasteiger partial charge in [0, 0.05) is 6.04 Å². The maximum atomic E-state index is 8.95. The van der Waals surface area contributed by atoms with Crippen LogP contribution in [0.4, 0.5) is 0 Å². The number of piperidine rings is 1. The molecule has 0 unspecified atom stereocenters. The van der Waals surface area contributed by atoms with Crippen molar-refractivity contribution in [3.05, 3.63) is 0 Å². The maximum absolute atomic E-state index is 8.95. The minimum atomic E-state index is 0.375. The summed E-state index contributed by atoms with van der Waals surface area (Å²) in [5.74, 6) is 0. The van der Waals surface area contributed by atoms with Crippen LogP contribution in [-0.4, -0.2) is 32.7 Å². The summed E-state index contributed by atoms with van der Waals surface area (Å²) in [7, 11) is 1.31. The minimum absolute atomic E-state index is 0.375. The van der Waals surface area contributed by atoms with Gasteiger partial charge in [-0.3, -0.25) is 4.79 Å². The van der Waals surface area contributed by atoms with E-state index in [1.165, 1.54) is 32.9 Å². The number of hydrogen-bond donors (Lipinski definition) is 2. The average Bonchev–Trinajstić information content (AvgIpc) is 2.20. The molecule has 0 aliphatic carbocycles. The molecule has 1 aliphatic heterocycles. The third kappa shape index (κ3) is 7.74. The summed E-state index contributed by atoms with van der Waals surface area (Å²) in [6.45, 7) is 2.41. The normalized spacial score (nSPS) is 21.2. The topological polar surface area (TPSA) is 64.3 Å². The molecule has 0 radical (unpaired) electrons. The van der Waals surface area contributed by atoms with Crippen molar-refractivity contribution in [2.24, 2.45) is 5.73 Å². The highest BCUT2D eigenvalue weighted by Gasteiger charge is 2.09. The van der Waals surface area contributed by atoms with E-state index in [-0.39, 0.29) is 0 Å². The van der Waals surface area contributed by atoms with Crippen molar-refractivity contribution >= 4 is 6.47 Å². The monoisotopic (exact) mass is 188 g/mol. The Morgan fingerprint density at radius 3 is 2.69 bits per heavy atom. The van der Waals surface area contributed by atoms with Crippen molar-refractivity contribution in [1.82, 2.24) is 5.32 Å². The van der Waals surface area contributed by atoms with Crippen LogP contribution in [0.1, 0.15) is 25.7 Å². The quantitative estimate of drug-likeness (QED) is 0.624. The fourth-order valence-corrected chi connectivity index (χ4v) is 1.37. The van der Waals surface area contributed by atoms with Crippen LogP contribution < -0.4 is 11.1 Å². The van der Waals surface area contributed by atoms with E-state index in [1.807, 2.05) is 0 Å². The Hall–Kier alpha value is -0.610. The third-order valence-electron chi connectivity index (χ3n) is 2.02. The maximum Gasteiger partial charge on any atom is 0.292 e. The van der Waals surface area contributed by atoms with Gasteiger partial charge >= 0.3 is 0 Å². The molecule has 1 saturated heterocycles. The molecule has 4 heteroatoms. The van der Waals surface area contributed by atoms with Gasteiger partial charge in [-0.2, -0.15) is 0 Å². The first kappa shape index (κ1) is 12.4. The van der Waals surface area contributed by atoms with Gasteiger partial charge in [0.1, 0.15) is 0 Å². The van der Waals surface area contributed by atoms with Crippen molar-refractivity contribution < 1.29 is 9.53 Å². The summed E-state index contributed by atoms with van der Waals surface area (Å²) >= 11 is 0. The van der Waals surface area contributed by atoms with Crippen molar-refractivity contribution in [1.29, 1.82) is 0 Å². The van der Waals surface area contributed by atoms with Gasteiger partial charge in [-0.05, 0) is 32.4 Å². The molecule has 0 spiro atoms. The average molecular weight is 188 g/mol. The number of carbonyl (C=O) groups excluding carboxylic acids is 1. The van der Waals surface area contributed by atoms with Crippen LogP contribution in [0.2, 0.25) is 0 Å². The molecule has 0 aromatic rings.